The van der Waals surface area contributed by atoms with Crippen molar-refractivity contribution in [1.29, 1.82) is 0 Å². The van der Waals surface area contributed by atoms with Crippen LogP contribution in [-0.4, -0.2) is 61.3 Å². The average Bonchev–Trinajstić information content (AvgIpc) is 3.36. The molecular formula is C28H31N7O2. The van der Waals surface area contributed by atoms with Crippen LogP contribution in [0.25, 0.3) is 10.9 Å². The molecule has 1 aliphatic rings. The lowest BCUT2D eigenvalue weighted by molar-refractivity contribution is 0.102. The predicted octanol–water partition coefficient (Wildman–Crippen LogP) is 4.04. The van der Waals surface area contributed by atoms with Gasteiger partial charge in [0.1, 0.15) is 5.82 Å². The molecule has 190 valence electrons. The molecule has 1 fully saturated rings. The molecule has 37 heavy (non-hydrogen) atoms. The molecule has 2 aromatic heterocycles. The van der Waals surface area contributed by atoms with E-state index < -0.39 is 0 Å². The Bertz CT molecular complexity index is 1430. The molecule has 1 aliphatic heterocycles. The van der Waals surface area contributed by atoms with E-state index in [0.717, 1.165) is 47.6 Å². The number of carbonyl (C=O) groups excluding carboxylic acids is 2. The number of hydrogen-bond donors (Lipinski definition) is 3. The third kappa shape index (κ3) is 5.12. The second kappa shape index (κ2) is 10.3. The van der Waals surface area contributed by atoms with Gasteiger partial charge in [-0.3, -0.25) is 9.36 Å². The number of aromatic nitrogens is 2. The number of hydrogen-bond acceptors (Lipinski definition) is 6. The predicted molar refractivity (Wildman–Crippen MR) is 148 cm³/mol. The molecule has 3 heterocycles. The van der Waals surface area contributed by atoms with Gasteiger partial charge in [0.15, 0.2) is 0 Å². The molecule has 0 aliphatic carbocycles. The lowest BCUT2D eigenvalue weighted by atomic mass is 10.1. The molecule has 0 spiro atoms. The standard InChI is InChI=1S/C28H31N7O2/c1-19-18-34(15-13-30-19)22-6-4-20(5-7-22)27(36)32-26-17-24(10-12-31-26)33(3)23-8-9-25-21(16-23)11-14-35(25)28(37)29-2/h4-12,14,16-17,19,30H,13,15,18H2,1-3H3,(H,29,37)(H,31,32,36). The van der Waals surface area contributed by atoms with E-state index in [1.165, 1.54) is 0 Å². The van der Waals surface area contributed by atoms with Crippen LogP contribution in [-0.2, 0) is 0 Å². The van der Waals surface area contributed by atoms with Gasteiger partial charge in [-0.25, -0.2) is 9.78 Å². The van der Waals surface area contributed by atoms with Crippen LogP contribution in [0.4, 0.5) is 27.7 Å². The van der Waals surface area contributed by atoms with Gasteiger partial charge in [0.25, 0.3) is 5.91 Å². The average molecular weight is 498 g/mol. The maximum Gasteiger partial charge on any atom is 0.325 e. The molecule has 0 bridgehead atoms. The molecule has 9 heteroatoms. The largest absolute Gasteiger partial charge is 0.369 e. The van der Waals surface area contributed by atoms with Crippen LogP contribution in [0.2, 0.25) is 0 Å². The second-order valence-electron chi connectivity index (χ2n) is 9.24. The van der Waals surface area contributed by atoms with Gasteiger partial charge in [-0.1, -0.05) is 0 Å². The number of piperazine rings is 1. The highest BCUT2D eigenvalue weighted by atomic mass is 16.2. The van der Waals surface area contributed by atoms with E-state index in [9.17, 15) is 9.59 Å². The number of nitrogens with one attached hydrogen (secondary N) is 3. The van der Waals surface area contributed by atoms with Gasteiger partial charge in [0, 0.05) is 86.2 Å². The number of pyridine rings is 1. The van der Waals surface area contributed by atoms with Crippen LogP contribution in [0, 0.1) is 0 Å². The van der Waals surface area contributed by atoms with Crippen molar-refractivity contribution in [2.24, 2.45) is 0 Å². The molecule has 1 saturated heterocycles. The fourth-order valence-corrected chi connectivity index (χ4v) is 4.66. The second-order valence-corrected chi connectivity index (χ2v) is 9.24. The number of fused-ring (bicyclic) bond motifs is 1. The van der Waals surface area contributed by atoms with E-state index in [4.69, 9.17) is 0 Å². The lowest BCUT2D eigenvalue weighted by Crippen LogP contribution is -2.49. The first-order valence-electron chi connectivity index (χ1n) is 12.4. The van der Waals surface area contributed by atoms with E-state index in [0.29, 0.717) is 17.4 Å². The zero-order valence-corrected chi connectivity index (χ0v) is 21.2. The zero-order valence-electron chi connectivity index (χ0n) is 21.2. The Hall–Kier alpha value is -4.37. The van der Waals surface area contributed by atoms with Crippen molar-refractivity contribution in [3.63, 3.8) is 0 Å². The summed E-state index contributed by atoms with van der Waals surface area (Å²) in [4.78, 5) is 33.6. The maximum absolute atomic E-state index is 12.9. The molecule has 2 aromatic carbocycles. The summed E-state index contributed by atoms with van der Waals surface area (Å²) in [7, 11) is 3.56. The fourth-order valence-electron chi connectivity index (χ4n) is 4.66. The summed E-state index contributed by atoms with van der Waals surface area (Å²) in [5.41, 5.74) is 4.35. The highest BCUT2D eigenvalue weighted by Crippen LogP contribution is 2.29. The van der Waals surface area contributed by atoms with Gasteiger partial charge in [0.2, 0.25) is 0 Å². The van der Waals surface area contributed by atoms with Crippen LogP contribution < -0.4 is 25.8 Å². The molecule has 1 unspecified atom stereocenters. The summed E-state index contributed by atoms with van der Waals surface area (Å²) in [6, 6.07) is 19.5. The Morgan fingerprint density at radius 1 is 1.05 bits per heavy atom. The van der Waals surface area contributed by atoms with Crippen molar-refractivity contribution in [2.75, 3.05) is 48.8 Å². The van der Waals surface area contributed by atoms with E-state index in [2.05, 4.69) is 32.8 Å². The Balaban J connectivity index is 1.29. The Labute approximate surface area is 216 Å². The van der Waals surface area contributed by atoms with Crippen molar-refractivity contribution in [3.8, 4) is 0 Å². The fraction of sp³-hybridized carbons (Fsp3) is 0.250. The molecule has 3 N–H and O–H groups in total. The van der Waals surface area contributed by atoms with E-state index >= 15 is 0 Å². The monoisotopic (exact) mass is 497 g/mol. The summed E-state index contributed by atoms with van der Waals surface area (Å²) in [5, 5.41) is 9.96. The van der Waals surface area contributed by atoms with Crippen LogP contribution in [0.15, 0.2) is 73.1 Å². The molecule has 1 atom stereocenters. The van der Waals surface area contributed by atoms with Crippen LogP contribution in [0.5, 0.6) is 0 Å². The van der Waals surface area contributed by atoms with Gasteiger partial charge in [0.05, 0.1) is 5.52 Å². The summed E-state index contributed by atoms with van der Waals surface area (Å²) < 4.78 is 1.58. The molecular weight excluding hydrogens is 466 g/mol. The molecule has 9 nitrogen and oxygen atoms in total. The highest BCUT2D eigenvalue weighted by Gasteiger charge is 2.17. The first-order valence-corrected chi connectivity index (χ1v) is 12.4. The normalized spacial score (nSPS) is 15.4. The van der Waals surface area contributed by atoms with Crippen molar-refractivity contribution in [1.82, 2.24) is 20.2 Å². The minimum Gasteiger partial charge on any atom is -0.369 e. The summed E-state index contributed by atoms with van der Waals surface area (Å²) >= 11 is 0. The molecule has 2 amide bonds. The number of carbonyl (C=O) groups is 2. The Kier molecular flexibility index (Phi) is 6.78. The SMILES string of the molecule is CNC(=O)n1ccc2cc(N(C)c3ccnc(NC(=O)c4ccc(N5CCNC(C)C5)cc4)c3)ccc21. The molecule has 4 aromatic rings. The number of anilines is 4. The van der Waals surface area contributed by atoms with E-state index in [1.54, 1.807) is 24.0 Å². The van der Waals surface area contributed by atoms with E-state index in [-0.39, 0.29) is 11.9 Å². The smallest absolute Gasteiger partial charge is 0.325 e. The molecule has 5 rings (SSSR count). The molecule has 0 saturated carbocycles. The highest BCUT2D eigenvalue weighted by molar-refractivity contribution is 6.04. The first-order chi connectivity index (χ1) is 17.9. The Morgan fingerprint density at radius 3 is 2.59 bits per heavy atom. The van der Waals surface area contributed by atoms with Crippen molar-refractivity contribution >= 4 is 45.7 Å². The van der Waals surface area contributed by atoms with Gasteiger partial charge < -0.3 is 25.8 Å². The Morgan fingerprint density at radius 2 is 1.84 bits per heavy atom. The number of amides is 2. The molecule has 0 radical (unpaired) electrons. The summed E-state index contributed by atoms with van der Waals surface area (Å²) in [6.45, 7) is 5.03. The lowest BCUT2D eigenvalue weighted by Gasteiger charge is -2.33. The topological polar surface area (TPSA) is 94.5 Å². The van der Waals surface area contributed by atoms with E-state index in [1.807, 2.05) is 72.6 Å². The van der Waals surface area contributed by atoms with Crippen LogP contribution >= 0.6 is 0 Å². The van der Waals surface area contributed by atoms with Gasteiger partial charge >= 0.3 is 6.03 Å². The van der Waals surface area contributed by atoms with Gasteiger partial charge in [-0.2, -0.15) is 0 Å². The third-order valence-electron chi connectivity index (χ3n) is 6.73. The van der Waals surface area contributed by atoms with Crippen LogP contribution in [0.3, 0.4) is 0 Å². The first kappa shape index (κ1) is 24.3. The number of rotatable bonds is 5. The van der Waals surface area contributed by atoms with Crippen LogP contribution in [0.1, 0.15) is 17.3 Å². The van der Waals surface area contributed by atoms with Crippen molar-refractivity contribution in [3.05, 3.63) is 78.6 Å². The minimum atomic E-state index is -0.204. The number of nitrogens with zero attached hydrogens (tertiary/aromatic N) is 4. The summed E-state index contributed by atoms with van der Waals surface area (Å²) in [5.74, 6) is 0.269. The minimum absolute atomic E-state index is 0.182. The van der Waals surface area contributed by atoms with Crippen molar-refractivity contribution < 1.29 is 9.59 Å². The maximum atomic E-state index is 12.9. The quantitative estimate of drug-likeness (QED) is 0.385. The third-order valence-corrected chi connectivity index (χ3v) is 6.73. The van der Waals surface area contributed by atoms with Gasteiger partial charge in [-0.15, -0.1) is 0 Å². The zero-order chi connectivity index (χ0) is 25.9. The van der Waals surface area contributed by atoms with Gasteiger partial charge in [-0.05, 0) is 61.5 Å². The van der Waals surface area contributed by atoms with Crippen molar-refractivity contribution in [2.45, 2.75) is 13.0 Å². The summed E-state index contributed by atoms with van der Waals surface area (Å²) in [6.07, 6.45) is 3.43. The number of benzene rings is 2.